The summed E-state index contributed by atoms with van der Waals surface area (Å²) in [5.41, 5.74) is 0. The monoisotopic (exact) mass is 452 g/mol. The van der Waals surface area contributed by atoms with Crippen LogP contribution in [0.2, 0.25) is 0 Å². The Morgan fingerprint density at radius 2 is 1.47 bits per heavy atom. The first-order chi connectivity index (χ1) is 15.1. The highest BCUT2D eigenvalue weighted by Gasteiger charge is 2.42. The third-order valence-corrected chi connectivity index (χ3v) is 4.78. The molecule has 0 bridgehead atoms. The Labute approximate surface area is 188 Å². The molecular formula is C23H32O9. The maximum Gasteiger partial charge on any atom is 0.303 e. The van der Waals surface area contributed by atoms with Gasteiger partial charge in [0.15, 0.2) is 0 Å². The quantitative estimate of drug-likeness (QED) is 0.311. The second-order valence-electron chi connectivity index (χ2n) is 7.49. The predicted molar refractivity (Wildman–Crippen MR) is 113 cm³/mol. The zero-order valence-corrected chi connectivity index (χ0v) is 19.2. The van der Waals surface area contributed by atoms with Crippen molar-refractivity contribution >= 4 is 23.9 Å². The first-order valence-electron chi connectivity index (χ1n) is 10.5. The Bertz CT molecular complexity index is 736. The van der Waals surface area contributed by atoms with Crippen molar-refractivity contribution in [1.82, 2.24) is 0 Å². The maximum atomic E-state index is 11.8. The average Bonchev–Trinajstić information content (AvgIpc) is 2.66. The van der Waals surface area contributed by atoms with Crippen LogP contribution in [0.4, 0.5) is 0 Å². The number of terminal acetylenes is 1. The summed E-state index contributed by atoms with van der Waals surface area (Å²) in [6.45, 7) is 6.82. The van der Waals surface area contributed by atoms with E-state index >= 15 is 0 Å². The molecule has 178 valence electrons. The molecule has 6 atom stereocenters. The first kappa shape index (κ1) is 27.2. The van der Waals surface area contributed by atoms with Crippen molar-refractivity contribution in [2.45, 2.75) is 96.9 Å². The number of carbonyl (C=O) groups excluding carboxylic acids is 4. The fourth-order valence-corrected chi connectivity index (χ4v) is 3.64. The smallest absolute Gasteiger partial charge is 0.303 e. The van der Waals surface area contributed by atoms with Gasteiger partial charge >= 0.3 is 23.9 Å². The molecular weight excluding hydrogens is 420 g/mol. The van der Waals surface area contributed by atoms with E-state index in [0.717, 1.165) is 0 Å². The van der Waals surface area contributed by atoms with Crippen molar-refractivity contribution < 1.29 is 42.9 Å². The normalized spacial score (nSPS) is 26.7. The summed E-state index contributed by atoms with van der Waals surface area (Å²) in [5, 5.41) is 0. The van der Waals surface area contributed by atoms with E-state index in [4.69, 9.17) is 30.1 Å². The van der Waals surface area contributed by atoms with Crippen molar-refractivity contribution in [2.24, 2.45) is 0 Å². The van der Waals surface area contributed by atoms with Crippen LogP contribution in [0, 0.1) is 12.3 Å². The lowest BCUT2D eigenvalue weighted by atomic mass is 9.92. The standard InChI is InChI=1S/C23H32O9/c1-7-9-10-11-19-21(29-15(4)25)13-23(31-17(6)27)22(30-16(5)26)12-20(32-19)18(8-2)28-14(3)24/h1,9-10,18-23H,8,11-13H2,2-6H3. The molecule has 0 amide bonds. The summed E-state index contributed by atoms with van der Waals surface area (Å²) in [6.07, 6.45) is 4.62. The van der Waals surface area contributed by atoms with Gasteiger partial charge in [-0.1, -0.05) is 18.9 Å². The number of hydrogen-bond acceptors (Lipinski definition) is 9. The Morgan fingerprint density at radius 3 is 1.94 bits per heavy atom. The Kier molecular flexibility index (Phi) is 11.5. The highest BCUT2D eigenvalue weighted by molar-refractivity contribution is 5.68. The molecule has 0 aromatic heterocycles. The van der Waals surface area contributed by atoms with Gasteiger partial charge in [-0.25, -0.2) is 0 Å². The van der Waals surface area contributed by atoms with Crippen LogP contribution in [-0.4, -0.2) is 60.5 Å². The fraction of sp³-hybridized carbons (Fsp3) is 0.652. The Hall–Kier alpha value is -2.86. The topological polar surface area (TPSA) is 114 Å². The molecule has 9 heteroatoms. The van der Waals surface area contributed by atoms with Gasteiger partial charge in [-0.05, 0) is 18.9 Å². The van der Waals surface area contributed by atoms with Crippen LogP contribution >= 0.6 is 0 Å². The highest BCUT2D eigenvalue weighted by Crippen LogP contribution is 2.30. The summed E-state index contributed by atoms with van der Waals surface area (Å²) < 4.78 is 28.1. The molecule has 0 aliphatic carbocycles. The van der Waals surface area contributed by atoms with Crippen LogP contribution in [0.1, 0.15) is 60.3 Å². The molecule has 0 aromatic rings. The fourth-order valence-electron chi connectivity index (χ4n) is 3.64. The molecule has 1 aliphatic rings. The Morgan fingerprint density at radius 1 is 0.938 bits per heavy atom. The average molecular weight is 453 g/mol. The van der Waals surface area contributed by atoms with Gasteiger partial charge in [0.25, 0.3) is 0 Å². The highest BCUT2D eigenvalue weighted by atomic mass is 16.6. The number of carbonyl (C=O) groups is 4. The van der Waals surface area contributed by atoms with Gasteiger partial charge in [0.1, 0.15) is 24.4 Å². The van der Waals surface area contributed by atoms with Crippen LogP contribution < -0.4 is 0 Å². The van der Waals surface area contributed by atoms with Crippen LogP contribution in [-0.2, 0) is 42.9 Å². The Balaban J connectivity index is 3.44. The van der Waals surface area contributed by atoms with Crippen molar-refractivity contribution in [1.29, 1.82) is 0 Å². The largest absolute Gasteiger partial charge is 0.460 e. The van der Waals surface area contributed by atoms with Gasteiger partial charge in [0.2, 0.25) is 0 Å². The summed E-state index contributed by atoms with van der Waals surface area (Å²) in [7, 11) is 0. The van der Waals surface area contributed by atoms with Gasteiger partial charge < -0.3 is 23.7 Å². The molecule has 0 radical (unpaired) electrons. The zero-order valence-electron chi connectivity index (χ0n) is 19.2. The molecule has 1 heterocycles. The SMILES string of the molecule is C#CC=CCC1OC(C(CC)OC(C)=O)CC(OC(C)=O)C(OC(C)=O)CC1OC(C)=O. The van der Waals surface area contributed by atoms with Crippen molar-refractivity contribution in [3.8, 4) is 12.3 Å². The third kappa shape index (κ3) is 9.52. The van der Waals surface area contributed by atoms with Crippen LogP contribution in [0.5, 0.6) is 0 Å². The number of esters is 4. The van der Waals surface area contributed by atoms with E-state index in [-0.39, 0.29) is 12.8 Å². The molecule has 32 heavy (non-hydrogen) atoms. The van der Waals surface area contributed by atoms with Gasteiger partial charge in [0, 0.05) is 40.5 Å². The van der Waals surface area contributed by atoms with Crippen LogP contribution in [0.25, 0.3) is 0 Å². The minimum atomic E-state index is -0.902. The third-order valence-electron chi connectivity index (χ3n) is 4.78. The zero-order chi connectivity index (χ0) is 24.3. The molecule has 1 saturated heterocycles. The first-order valence-corrected chi connectivity index (χ1v) is 10.5. The molecule has 1 fully saturated rings. The van der Waals surface area contributed by atoms with E-state index in [2.05, 4.69) is 5.92 Å². The molecule has 0 aromatic carbocycles. The number of ether oxygens (including phenoxy) is 5. The molecule has 0 N–H and O–H groups in total. The summed E-state index contributed by atoms with van der Waals surface area (Å²) in [4.78, 5) is 47.0. The van der Waals surface area contributed by atoms with Gasteiger partial charge in [-0.15, -0.1) is 6.42 Å². The van der Waals surface area contributed by atoms with E-state index in [1.807, 2.05) is 6.92 Å². The van der Waals surface area contributed by atoms with Gasteiger partial charge in [-0.3, -0.25) is 19.2 Å². The molecule has 6 unspecified atom stereocenters. The lowest BCUT2D eigenvalue weighted by Crippen LogP contribution is -2.51. The minimum Gasteiger partial charge on any atom is -0.460 e. The number of allylic oxidation sites excluding steroid dienone is 1. The van der Waals surface area contributed by atoms with Gasteiger partial charge in [-0.2, -0.15) is 0 Å². The summed E-state index contributed by atoms with van der Waals surface area (Å²) >= 11 is 0. The molecule has 1 rings (SSSR count). The molecule has 1 aliphatic heterocycles. The predicted octanol–water partition coefficient (Wildman–Crippen LogP) is 2.25. The van der Waals surface area contributed by atoms with E-state index in [1.165, 1.54) is 33.8 Å². The second-order valence-corrected chi connectivity index (χ2v) is 7.49. The van der Waals surface area contributed by atoms with E-state index in [0.29, 0.717) is 12.8 Å². The van der Waals surface area contributed by atoms with E-state index in [1.54, 1.807) is 6.08 Å². The van der Waals surface area contributed by atoms with Crippen molar-refractivity contribution in [2.75, 3.05) is 0 Å². The summed E-state index contributed by atoms with van der Waals surface area (Å²) in [5.74, 6) is 0.172. The van der Waals surface area contributed by atoms with Crippen LogP contribution in [0.15, 0.2) is 12.2 Å². The van der Waals surface area contributed by atoms with Crippen molar-refractivity contribution in [3.05, 3.63) is 12.2 Å². The number of rotatable bonds is 8. The van der Waals surface area contributed by atoms with E-state index < -0.39 is 60.5 Å². The molecule has 9 nitrogen and oxygen atoms in total. The van der Waals surface area contributed by atoms with Gasteiger partial charge in [0.05, 0.1) is 12.2 Å². The van der Waals surface area contributed by atoms with Crippen molar-refractivity contribution in [3.63, 3.8) is 0 Å². The number of hydrogen-bond donors (Lipinski definition) is 0. The maximum absolute atomic E-state index is 11.8. The second kappa shape index (κ2) is 13.5. The minimum absolute atomic E-state index is 0.0444. The van der Waals surface area contributed by atoms with E-state index in [9.17, 15) is 19.2 Å². The lowest BCUT2D eigenvalue weighted by molar-refractivity contribution is -0.203. The lowest BCUT2D eigenvalue weighted by Gasteiger charge is -2.40. The molecule has 0 saturated carbocycles. The summed E-state index contributed by atoms with van der Waals surface area (Å²) in [6, 6.07) is 0. The molecule has 0 spiro atoms. The van der Waals surface area contributed by atoms with Crippen LogP contribution in [0.3, 0.4) is 0 Å².